The van der Waals surface area contributed by atoms with E-state index in [1.54, 1.807) is 41.3 Å². The van der Waals surface area contributed by atoms with E-state index in [1.165, 1.54) is 6.07 Å². The van der Waals surface area contributed by atoms with Crippen molar-refractivity contribution in [3.05, 3.63) is 97.2 Å². The highest BCUT2D eigenvalue weighted by Crippen LogP contribution is 2.19. The normalized spacial score (nSPS) is 10.2. The highest BCUT2D eigenvalue weighted by molar-refractivity contribution is 5.99. The van der Waals surface area contributed by atoms with E-state index in [9.17, 15) is 14.4 Å². The summed E-state index contributed by atoms with van der Waals surface area (Å²) in [6.07, 6.45) is 3.29. The lowest BCUT2D eigenvalue weighted by Gasteiger charge is -2.19. The first kappa shape index (κ1) is 23.2. The molecule has 8 heteroatoms. The highest BCUT2D eigenvalue weighted by Gasteiger charge is 2.16. The fraction of sp³-hybridized carbons (Fsp3) is 0.120. The van der Waals surface area contributed by atoms with E-state index in [4.69, 9.17) is 4.52 Å². The van der Waals surface area contributed by atoms with Gasteiger partial charge >= 0.3 is 0 Å². The van der Waals surface area contributed by atoms with E-state index in [0.29, 0.717) is 30.1 Å². The zero-order chi connectivity index (χ0) is 23.6. The Morgan fingerprint density at radius 1 is 0.970 bits per heavy atom. The number of benzene rings is 2. The number of nitrogens with one attached hydrogen (secondary N) is 2. The van der Waals surface area contributed by atoms with Crippen molar-refractivity contribution in [1.82, 2.24) is 15.4 Å². The van der Waals surface area contributed by atoms with Gasteiger partial charge in [0.2, 0.25) is 5.91 Å². The molecule has 0 aliphatic rings. The molecule has 3 rings (SSSR count). The molecule has 0 fully saturated rings. The van der Waals surface area contributed by atoms with Gasteiger partial charge in [0.15, 0.2) is 11.5 Å². The third kappa shape index (κ3) is 6.27. The van der Waals surface area contributed by atoms with E-state index < -0.39 is 11.8 Å². The van der Waals surface area contributed by atoms with Crippen molar-refractivity contribution in [1.29, 1.82) is 0 Å². The van der Waals surface area contributed by atoms with Gasteiger partial charge in [-0.1, -0.05) is 47.6 Å². The van der Waals surface area contributed by atoms with Crippen molar-refractivity contribution in [2.24, 2.45) is 0 Å². The number of aromatic nitrogens is 1. The number of hydrogen-bond donors (Lipinski definition) is 2. The van der Waals surface area contributed by atoms with Gasteiger partial charge in [-0.3, -0.25) is 14.4 Å². The number of carbonyl (C=O) groups excluding carboxylic acids is 3. The summed E-state index contributed by atoms with van der Waals surface area (Å²) in [5.41, 5.74) is 1.84. The van der Waals surface area contributed by atoms with Crippen LogP contribution in [-0.2, 0) is 4.79 Å². The van der Waals surface area contributed by atoms with Gasteiger partial charge in [0.05, 0.1) is 6.54 Å². The molecule has 168 valence electrons. The fourth-order valence-electron chi connectivity index (χ4n) is 3.01. The van der Waals surface area contributed by atoms with Gasteiger partial charge in [-0.05, 0) is 24.3 Å². The number of carbonyl (C=O) groups is 3. The number of amides is 3. The van der Waals surface area contributed by atoms with Crippen LogP contribution < -0.4 is 10.6 Å². The summed E-state index contributed by atoms with van der Waals surface area (Å²) in [6, 6.07) is 17.2. The Labute approximate surface area is 191 Å². The Kier molecular flexibility index (Phi) is 7.91. The van der Waals surface area contributed by atoms with Crippen LogP contribution >= 0.6 is 0 Å². The first-order valence-corrected chi connectivity index (χ1v) is 10.2. The quantitative estimate of drug-likeness (QED) is 0.466. The minimum Gasteiger partial charge on any atom is -0.355 e. The first-order chi connectivity index (χ1) is 16.0. The first-order valence-electron chi connectivity index (χ1n) is 10.2. The van der Waals surface area contributed by atoms with Crippen LogP contribution in [0.2, 0.25) is 0 Å². The van der Waals surface area contributed by atoms with Gasteiger partial charge in [0.1, 0.15) is 0 Å². The van der Waals surface area contributed by atoms with E-state index in [1.807, 2.05) is 30.3 Å². The van der Waals surface area contributed by atoms with Crippen LogP contribution in [0.25, 0.3) is 11.3 Å². The molecule has 2 aromatic carbocycles. The predicted octanol–water partition coefficient (Wildman–Crippen LogP) is 3.52. The maximum atomic E-state index is 12.5. The molecule has 0 bridgehead atoms. The molecule has 0 aliphatic carbocycles. The SMILES string of the molecule is C=CCN(CC=C)C(=O)c1ccc(NC(=O)CNC(=O)c2cc(-c3ccccc3)on2)cc1. The molecule has 0 atom stereocenters. The molecule has 3 amide bonds. The Bertz CT molecular complexity index is 1130. The highest BCUT2D eigenvalue weighted by atomic mass is 16.5. The van der Waals surface area contributed by atoms with E-state index >= 15 is 0 Å². The van der Waals surface area contributed by atoms with Crippen molar-refractivity contribution in [2.75, 3.05) is 25.0 Å². The molecule has 0 radical (unpaired) electrons. The van der Waals surface area contributed by atoms with Gasteiger partial charge in [0, 0.05) is 36.0 Å². The Morgan fingerprint density at radius 3 is 2.27 bits per heavy atom. The van der Waals surface area contributed by atoms with Crippen molar-refractivity contribution in [2.45, 2.75) is 0 Å². The second-order valence-electron chi connectivity index (χ2n) is 7.04. The topological polar surface area (TPSA) is 105 Å². The molecule has 3 aromatic rings. The molecule has 0 spiro atoms. The van der Waals surface area contributed by atoms with Crippen molar-refractivity contribution < 1.29 is 18.9 Å². The molecular formula is C25H24N4O4. The van der Waals surface area contributed by atoms with Crippen LogP contribution in [0, 0.1) is 0 Å². The standard InChI is InChI=1S/C25H24N4O4/c1-3-14-29(15-4-2)25(32)19-10-12-20(13-11-19)27-23(30)17-26-24(31)21-16-22(33-28-21)18-8-6-5-7-9-18/h3-13,16H,1-2,14-15,17H2,(H,26,31)(H,27,30). The molecule has 33 heavy (non-hydrogen) atoms. The molecule has 0 unspecified atom stereocenters. The van der Waals surface area contributed by atoms with Gasteiger partial charge < -0.3 is 20.1 Å². The van der Waals surface area contributed by atoms with Crippen LogP contribution in [0.5, 0.6) is 0 Å². The molecule has 1 aromatic heterocycles. The summed E-state index contributed by atoms with van der Waals surface area (Å²) in [4.78, 5) is 38.6. The van der Waals surface area contributed by atoms with Crippen LogP contribution in [0.1, 0.15) is 20.8 Å². The maximum absolute atomic E-state index is 12.5. The maximum Gasteiger partial charge on any atom is 0.273 e. The summed E-state index contributed by atoms with van der Waals surface area (Å²) in [5.74, 6) is -0.655. The van der Waals surface area contributed by atoms with Gasteiger partial charge in [-0.2, -0.15) is 0 Å². The third-order valence-electron chi connectivity index (χ3n) is 4.61. The van der Waals surface area contributed by atoms with Crippen LogP contribution in [0.4, 0.5) is 5.69 Å². The average Bonchev–Trinajstić information content (AvgIpc) is 3.34. The zero-order valence-corrected chi connectivity index (χ0v) is 18.0. The third-order valence-corrected chi connectivity index (χ3v) is 4.61. The summed E-state index contributed by atoms with van der Waals surface area (Å²) < 4.78 is 5.20. The minimum absolute atomic E-state index is 0.0770. The molecular weight excluding hydrogens is 420 g/mol. The molecule has 2 N–H and O–H groups in total. The number of nitrogens with zero attached hydrogens (tertiary/aromatic N) is 2. The lowest BCUT2D eigenvalue weighted by atomic mass is 10.1. The second-order valence-corrected chi connectivity index (χ2v) is 7.04. The molecule has 0 aliphatic heterocycles. The summed E-state index contributed by atoms with van der Waals surface area (Å²) in [5, 5.41) is 8.93. The average molecular weight is 444 g/mol. The lowest BCUT2D eigenvalue weighted by molar-refractivity contribution is -0.115. The fourth-order valence-corrected chi connectivity index (χ4v) is 3.01. The smallest absolute Gasteiger partial charge is 0.273 e. The monoisotopic (exact) mass is 444 g/mol. The van der Waals surface area contributed by atoms with Gasteiger partial charge in [-0.15, -0.1) is 13.2 Å². The van der Waals surface area contributed by atoms with Gasteiger partial charge in [-0.25, -0.2) is 0 Å². The molecule has 1 heterocycles. The largest absolute Gasteiger partial charge is 0.355 e. The van der Waals surface area contributed by atoms with Crippen LogP contribution in [0.3, 0.4) is 0 Å². The van der Waals surface area contributed by atoms with Crippen LogP contribution in [0.15, 0.2) is 90.5 Å². The van der Waals surface area contributed by atoms with Crippen LogP contribution in [-0.4, -0.2) is 47.4 Å². The van der Waals surface area contributed by atoms with Gasteiger partial charge in [0.25, 0.3) is 11.8 Å². The zero-order valence-electron chi connectivity index (χ0n) is 18.0. The Morgan fingerprint density at radius 2 is 1.64 bits per heavy atom. The number of rotatable bonds is 10. The summed E-state index contributed by atoms with van der Waals surface area (Å²) in [6.45, 7) is 7.87. The summed E-state index contributed by atoms with van der Waals surface area (Å²) in [7, 11) is 0. The lowest BCUT2D eigenvalue weighted by Crippen LogP contribution is -2.33. The predicted molar refractivity (Wildman–Crippen MR) is 126 cm³/mol. The Balaban J connectivity index is 1.52. The van der Waals surface area contributed by atoms with Crippen molar-refractivity contribution >= 4 is 23.4 Å². The summed E-state index contributed by atoms with van der Waals surface area (Å²) >= 11 is 0. The molecule has 0 saturated heterocycles. The van der Waals surface area contributed by atoms with Crippen molar-refractivity contribution in [3.63, 3.8) is 0 Å². The Hall–Kier alpha value is -4.46. The van der Waals surface area contributed by atoms with E-state index in [2.05, 4.69) is 28.9 Å². The molecule has 8 nitrogen and oxygen atoms in total. The minimum atomic E-state index is -0.526. The molecule has 0 saturated carbocycles. The number of anilines is 1. The van der Waals surface area contributed by atoms with E-state index in [0.717, 1.165) is 5.56 Å². The number of hydrogen-bond acceptors (Lipinski definition) is 5. The second kappa shape index (κ2) is 11.2. The van der Waals surface area contributed by atoms with Crippen molar-refractivity contribution in [3.8, 4) is 11.3 Å². The van der Waals surface area contributed by atoms with E-state index in [-0.39, 0.29) is 18.1 Å².